The van der Waals surface area contributed by atoms with Gasteiger partial charge in [-0.05, 0) is 87.0 Å². The summed E-state index contributed by atoms with van der Waals surface area (Å²) in [6.45, 7) is 3.20. The number of nitrogens with zero attached hydrogens (tertiary/aromatic N) is 3. The van der Waals surface area contributed by atoms with Crippen LogP contribution in [0.15, 0.2) is 47.0 Å². The Labute approximate surface area is 267 Å². The number of hydrogen-bond donors (Lipinski definition) is 2. The van der Waals surface area contributed by atoms with Crippen molar-refractivity contribution in [2.45, 2.75) is 62.6 Å². The van der Waals surface area contributed by atoms with Crippen LogP contribution in [-0.4, -0.2) is 76.8 Å². The monoisotopic (exact) mass is 660 g/mol. The lowest BCUT2D eigenvalue weighted by Crippen LogP contribution is -2.47. The maximum absolute atomic E-state index is 15.1. The third kappa shape index (κ3) is 5.81. The van der Waals surface area contributed by atoms with Gasteiger partial charge in [0.05, 0.1) is 27.3 Å². The Morgan fingerprint density at radius 1 is 1.07 bits per heavy atom. The highest BCUT2D eigenvalue weighted by atomic mass is 35.5. The number of likely N-dealkylation sites (tertiary alicyclic amines) is 2. The fourth-order valence-corrected chi connectivity index (χ4v) is 7.17. The lowest BCUT2D eigenvalue weighted by Gasteiger charge is -2.36. The molecule has 46 heavy (non-hydrogen) atoms. The first-order chi connectivity index (χ1) is 21.8. The van der Waals surface area contributed by atoms with Crippen molar-refractivity contribution in [1.29, 1.82) is 0 Å². The van der Waals surface area contributed by atoms with E-state index in [1.165, 1.54) is 30.3 Å². The first-order valence-corrected chi connectivity index (χ1v) is 15.7. The molecule has 0 radical (unpaired) electrons. The smallest absolute Gasteiger partial charge is 0.398 e. The largest absolute Gasteiger partial charge is 0.478 e. The van der Waals surface area contributed by atoms with Gasteiger partial charge in [-0.2, -0.15) is 13.2 Å². The molecule has 2 aliphatic carbocycles. The van der Waals surface area contributed by atoms with E-state index in [0.29, 0.717) is 25.6 Å². The highest BCUT2D eigenvalue weighted by Gasteiger charge is 2.65. The van der Waals surface area contributed by atoms with E-state index >= 15 is 4.39 Å². The van der Waals surface area contributed by atoms with Crippen LogP contribution in [0.25, 0.3) is 5.70 Å². The van der Waals surface area contributed by atoms with Gasteiger partial charge < -0.3 is 15.7 Å². The fraction of sp³-hybridized carbons (Fsp3) is 0.455. The van der Waals surface area contributed by atoms with Gasteiger partial charge in [-0.3, -0.25) is 14.5 Å². The summed E-state index contributed by atoms with van der Waals surface area (Å²) in [5, 5.41) is 9.06. The molecule has 0 aromatic heterocycles. The SMILES string of the molecule is NC(=C1CCC(C(=O)N2CCC(N3CCC3)C2)CC1=NC(=O)c1c(Cl)cccc1C1(C(F)(F)F)CC1)c1ccc(C(=O)O)cc1F. The van der Waals surface area contributed by atoms with E-state index in [9.17, 15) is 32.7 Å². The Hall–Kier alpha value is -3.77. The van der Waals surface area contributed by atoms with Crippen molar-refractivity contribution < 1.29 is 37.1 Å². The Morgan fingerprint density at radius 2 is 1.80 bits per heavy atom. The number of hydrogen-bond acceptors (Lipinski definition) is 5. The summed E-state index contributed by atoms with van der Waals surface area (Å²) in [4.78, 5) is 47.3. The van der Waals surface area contributed by atoms with Gasteiger partial charge in [-0.15, -0.1) is 0 Å². The summed E-state index contributed by atoms with van der Waals surface area (Å²) in [5.41, 5.74) is 3.44. The average Bonchev–Trinajstić information content (AvgIpc) is 3.68. The molecule has 4 aliphatic rings. The second-order valence-electron chi connectivity index (χ2n) is 12.6. The van der Waals surface area contributed by atoms with Gasteiger partial charge >= 0.3 is 12.1 Å². The molecule has 8 nitrogen and oxygen atoms in total. The molecular formula is C33H33ClF4N4O4. The summed E-state index contributed by atoms with van der Waals surface area (Å²) in [6, 6.07) is 7.44. The van der Waals surface area contributed by atoms with E-state index in [2.05, 4.69) is 9.89 Å². The minimum atomic E-state index is -4.61. The number of carbonyl (C=O) groups is 3. The molecule has 2 aromatic carbocycles. The maximum atomic E-state index is 15.1. The molecule has 0 spiro atoms. The number of carboxylic acids is 1. The number of aromatic carboxylic acids is 1. The first kappa shape index (κ1) is 32.2. The van der Waals surface area contributed by atoms with Crippen LogP contribution in [0.2, 0.25) is 5.02 Å². The van der Waals surface area contributed by atoms with E-state index in [-0.39, 0.29) is 75.8 Å². The molecule has 4 fully saturated rings. The van der Waals surface area contributed by atoms with Crippen molar-refractivity contribution in [2.24, 2.45) is 16.6 Å². The standard InChI is InChI=1S/C33H33ClF4N4O4/c34-24-4-1-3-23(32(10-11-32)33(36,37)38)27(24)29(43)40-26-16-18(30(44)42-14-9-20(17-42)41-12-2-13-41)5-8-22(26)28(39)21-7-6-19(31(45)46)15-25(21)35/h1,3-4,6-7,15,18,20H,2,5,8-14,16-17,39H2,(H,45,46). The van der Waals surface area contributed by atoms with Crippen molar-refractivity contribution >= 4 is 40.8 Å². The molecule has 2 saturated heterocycles. The Bertz CT molecular complexity index is 1670. The van der Waals surface area contributed by atoms with Crippen LogP contribution in [0, 0.1) is 11.7 Å². The van der Waals surface area contributed by atoms with Gasteiger partial charge in [-0.1, -0.05) is 23.7 Å². The van der Waals surface area contributed by atoms with Crippen molar-refractivity contribution in [3.63, 3.8) is 0 Å². The van der Waals surface area contributed by atoms with E-state index in [4.69, 9.17) is 17.3 Å². The predicted octanol–water partition coefficient (Wildman–Crippen LogP) is 5.83. The highest BCUT2D eigenvalue weighted by molar-refractivity contribution is 6.34. The van der Waals surface area contributed by atoms with Crippen LogP contribution in [0.3, 0.4) is 0 Å². The number of nitrogens with two attached hydrogens (primary N) is 1. The minimum Gasteiger partial charge on any atom is -0.478 e. The third-order valence-corrected chi connectivity index (χ3v) is 10.2. The van der Waals surface area contributed by atoms with E-state index in [1.807, 2.05) is 4.90 Å². The Morgan fingerprint density at radius 3 is 2.41 bits per heavy atom. The maximum Gasteiger partial charge on any atom is 0.398 e. The fourth-order valence-electron chi connectivity index (χ4n) is 6.92. The van der Waals surface area contributed by atoms with Crippen LogP contribution in [0.4, 0.5) is 17.6 Å². The van der Waals surface area contributed by atoms with Gasteiger partial charge in [-0.25, -0.2) is 14.2 Å². The van der Waals surface area contributed by atoms with Gasteiger partial charge in [0, 0.05) is 42.7 Å². The molecular weight excluding hydrogens is 628 g/mol. The van der Waals surface area contributed by atoms with Gasteiger partial charge in [0.15, 0.2) is 0 Å². The molecule has 2 heterocycles. The number of halogens is 5. The zero-order chi connectivity index (χ0) is 33.0. The summed E-state index contributed by atoms with van der Waals surface area (Å²) < 4.78 is 57.5. The minimum absolute atomic E-state index is 0.0372. The lowest BCUT2D eigenvalue weighted by atomic mass is 9.81. The van der Waals surface area contributed by atoms with Crippen LogP contribution < -0.4 is 5.73 Å². The first-order valence-electron chi connectivity index (χ1n) is 15.3. The number of allylic oxidation sites excluding steroid dienone is 1. The Kier molecular flexibility index (Phi) is 8.47. The van der Waals surface area contributed by atoms with E-state index in [1.54, 1.807) is 0 Å². The van der Waals surface area contributed by atoms with E-state index in [0.717, 1.165) is 32.0 Å². The molecule has 2 atom stereocenters. The number of rotatable bonds is 6. The summed E-state index contributed by atoms with van der Waals surface area (Å²) in [5.74, 6) is -3.93. The number of amides is 2. The zero-order valence-corrected chi connectivity index (χ0v) is 25.6. The number of benzene rings is 2. The molecule has 6 rings (SSSR count). The Balaban J connectivity index is 1.37. The quantitative estimate of drug-likeness (QED) is 0.377. The normalized spacial score (nSPS) is 24.9. The summed E-state index contributed by atoms with van der Waals surface area (Å²) in [7, 11) is 0. The number of aliphatic imine (C=N–C) groups is 1. The molecule has 2 aromatic rings. The summed E-state index contributed by atoms with van der Waals surface area (Å²) in [6.07, 6.45) is -2.57. The van der Waals surface area contributed by atoms with Gasteiger partial charge in [0.25, 0.3) is 5.91 Å². The van der Waals surface area contributed by atoms with Crippen LogP contribution in [-0.2, 0) is 10.2 Å². The second-order valence-corrected chi connectivity index (χ2v) is 13.0. The van der Waals surface area contributed by atoms with Crippen molar-refractivity contribution in [3.8, 4) is 0 Å². The topological polar surface area (TPSA) is 116 Å². The zero-order valence-electron chi connectivity index (χ0n) is 24.9. The number of carboxylic acid groups (broad SMARTS) is 1. The number of carbonyl (C=O) groups excluding carboxylic acids is 2. The van der Waals surface area contributed by atoms with E-state index < -0.39 is 35.2 Å². The molecule has 2 unspecified atom stereocenters. The molecule has 13 heteroatoms. The molecule has 0 bridgehead atoms. The van der Waals surface area contributed by atoms with Crippen LogP contribution in [0.5, 0.6) is 0 Å². The van der Waals surface area contributed by atoms with Gasteiger partial charge in [0.1, 0.15) is 5.82 Å². The second kappa shape index (κ2) is 12.1. The highest BCUT2D eigenvalue weighted by Crippen LogP contribution is 2.60. The summed E-state index contributed by atoms with van der Waals surface area (Å²) >= 11 is 6.35. The number of alkyl halides is 3. The molecule has 3 N–H and O–H groups in total. The average molecular weight is 661 g/mol. The predicted molar refractivity (Wildman–Crippen MR) is 163 cm³/mol. The molecule has 2 amide bonds. The lowest BCUT2D eigenvalue weighted by molar-refractivity contribution is -0.160. The third-order valence-electron chi connectivity index (χ3n) is 9.87. The van der Waals surface area contributed by atoms with Crippen LogP contribution >= 0.6 is 11.6 Å². The van der Waals surface area contributed by atoms with Crippen molar-refractivity contribution in [2.75, 3.05) is 26.2 Å². The van der Waals surface area contributed by atoms with Crippen LogP contribution in [0.1, 0.15) is 76.8 Å². The van der Waals surface area contributed by atoms with Gasteiger partial charge in [0.2, 0.25) is 5.91 Å². The van der Waals surface area contributed by atoms with Crippen molar-refractivity contribution in [3.05, 3.63) is 75.1 Å². The molecule has 2 aliphatic heterocycles. The molecule has 244 valence electrons. The molecule has 2 saturated carbocycles. The van der Waals surface area contributed by atoms with Crippen molar-refractivity contribution in [1.82, 2.24) is 9.80 Å².